The number of carbonyl (C=O) groups excluding carboxylic acids is 1. The molecule has 1 fully saturated rings. The van der Waals surface area contributed by atoms with Gasteiger partial charge in [-0.2, -0.15) is 13.2 Å². The minimum absolute atomic E-state index is 0.143. The van der Waals surface area contributed by atoms with Crippen molar-refractivity contribution in [2.24, 2.45) is 11.8 Å². The lowest BCUT2D eigenvalue weighted by Crippen LogP contribution is -2.52. The Hall–Kier alpha value is -2.42. The van der Waals surface area contributed by atoms with Crippen LogP contribution in [0.15, 0.2) is 60.7 Å². The van der Waals surface area contributed by atoms with Crippen molar-refractivity contribution in [3.8, 4) is 0 Å². The van der Waals surface area contributed by atoms with Gasteiger partial charge >= 0.3 is 12.1 Å². The quantitative estimate of drug-likeness (QED) is 0.623. The molecule has 1 amide bonds. The summed E-state index contributed by atoms with van der Waals surface area (Å²) in [5.41, 5.74) is 2.00. The van der Waals surface area contributed by atoms with Crippen LogP contribution in [0, 0.1) is 11.8 Å². The molecule has 8 heteroatoms. The molecular formula is C24H28F3NO4. The molecule has 5 nitrogen and oxygen atoms in total. The van der Waals surface area contributed by atoms with Crippen LogP contribution >= 0.6 is 0 Å². The molecule has 32 heavy (non-hydrogen) atoms. The zero-order chi connectivity index (χ0) is 23.0. The minimum atomic E-state index is -4.92. The van der Waals surface area contributed by atoms with E-state index < -0.39 is 24.1 Å². The molecule has 1 aliphatic rings. The van der Waals surface area contributed by atoms with E-state index in [1.54, 1.807) is 0 Å². The Kier molecular flexibility index (Phi) is 8.67. The van der Waals surface area contributed by atoms with Crippen molar-refractivity contribution < 1.29 is 32.2 Å². The van der Waals surface area contributed by atoms with E-state index in [-0.39, 0.29) is 25.2 Å². The Balaban J connectivity index is 1.60. The van der Waals surface area contributed by atoms with E-state index in [0.717, 1.165) is 11.1 Å². The number of nitrogens with one attached hydrogen (secondary N) is 1. The first kappa shape index (κ1) is 24.2. The van der Waals surface area contributed by atoms with Crippen molar-refractivity contribution in [1.29, 1.82) is 0 Å². The fraction of sp³-hybridized carbons (Fsp3) is 0.458. The third-order valence-electron chi connectivity index (χ3n) is 5.55. The second-order valence-corrected chi connectivity index (χ2v) is 7.96. The molecule has 174 valence electrons. The summed E-state index contributed by atoms with van der Waals surface area (Å²) in [6.45, 7) is 3.01. The maximum absolute atomic E-state index is 12.6. The number of benzene rings is 2. The Morgan fingerprint density at radius 3 is 2.22 bits per heavy atom. The Morgan fingerprint density at radius 1 is 1.03 bits per heavy atom. The zero-order valence-electron chi connectivity index (χ0n) is 17.9. The molecule has 0 aliphatic carbocycles. The smallest absolute Gasteiger partial charge is 0.375 e. The molecule has 3 rings (SSSR count). The van der Waals surface area contributed by atoms with Gasteiger partial charge in [0.1, 0.15) is 0 Å². The molecule has 1 saturated heterocycles. The van der Waals surface area contributed by atoms with Gasteiger partial charge in [0.2, 0.25) is 0 Å². The molecule has 0 saturated carbocycles. The summed E-state index contributed by atoms with van der Waals surface area (Å²) in [4.78, 5) is 11.3. The largest absolute Gasteiger partial charge is 0.471 e. The molecule has 0 bridgehead atoms. The van der Waals surface area contributed by atoms with Crippen molar-refractivity contribution >= 4 is 5.91 Å². The van der Waals surface area contributed by atoms with Crippen LogP contribution in [0.3, 0.4) is 0 Å². The summed E-state index contributed by atoms with van der Waals surface area (Å²) >= 11 is 0. The Labute approximate surface area is 185 Å². The van der Waals surface area contributed by atoms with Crippen molar-refractivity contribution in [2.45, 2.75) is 38.5 Å². The molecular weight excluding hydrogens is 423 g/mol. The summed E-state index contributed by atoms with van der Waals surface area (Å²) < 4.78 is 55.7. The zero-order valence-corrected chi connectivity index (χ0v) is 17.9. The summed E-state index contributed by atoms with van der Waals surface area (Å²) in [5, 5.41) is 1.97. The first-order valence-corrected chi connectivity index (χ1v) is 10.6. The third kappa shape index (κ3) is 7.05. The molecule has 1 N–H and O–H groups in total. The first-order chi connectivity index (χ1) is 15.3. The van der Waals surface area contributed by atoms with Crippen LogP contribution in [0.5, 0.6) is 0 Å². The number of hydrogen-bond donors (Lipinski definition) is 1. The summed E-state index contributed by atoms with van der Waals surface area (Å²) in [5.74, 6) is -2.51. The van der Waals surface area contributed by atoms with Gasteiger partial charge in [-0.1, -0.05) is 67.6 Å². The number of hydrogen-bond acceptors (Lipinski definition) is 4. The highest BCUT2D eigenvalue weighted by atomic mass is 19.4. The highest BCUT2D eigenvalue weighted by Gasteiger charge is 2.42. The van der Waals surface area contributed by atoms with Crippen LogP contribution in [-0.2, 0) is 32.2 Å². The second-order valence-electron chi connectivity index (χ2n) is 7.96. The summed E-state index contributed by atoms with van der Waals surface area (Å²) in [6.07, 6.45) is -5.59. The summed E-state index contributed by atoms with van der Waals surface area (Å²) in [7, 11) is 0. The molecule has 4 atom stereocenters. The fourth-order valence-corrected chi connectivity index (χ4v) is 3.76. The predicted molar refractivity (Wildman–Crippen MR) is 113 cm³/mol. The van der Waals surface area contributed by atoms with Crippen molar-refractivity contribution in [1.82, 2.24) is 5.32 Å². The van der Waals surface area contributed by atoms with Crippen molar-refractivity contribution in [3.05, 3.63) is 71.8 Å². The topological polar surface area (TPSA) is 56.8 Å². The molecule has 0 spiro atoms. The van der Waals surface area contributed by atoms with Crippen LogP contribution in [0.4, 0.5) is 13.2 Å². The van der Waals surface area contributed by atoms with Gasteiger partial charge in [-0.3, -0.25) is 4.79 Å². The maximum atomic E-state index is 12.6. The Bertz CT molecular complexity index is 832. The van der Waals surface area contributed by atoms with Gasteiger partial charge in [0.05, 0.1) is 38.6 Å². The lowest BCUT2D eigenvalue weighted by Gasteiger charge is -2.41. The predicted octanol–water partition coefficient (Wildman–Crippen LogP) is 4.12. The van der Waals surface area contributed by atoms with Gasteiger partial charge in [-0.15, -0.1) is 0 Å². The highest BCUT2D eigenvalue weighted by Crippen LogP contribution is 2.29. The third-order valence-corrected chi connectivity index (χ3v) is 5.55. The van der Waals surface area contributed by atoms with Crippen LogP contribution < -0.4 is 5.32 Å². The van der Waals surface area contributed by atoms with Gasteiger partial charge < -0.3 is 19.5 Å². The number of ether oxygens (including phenoxy) is 3. The second kappa shape index (κ2) is 11.4. The fourth-order valence-electron chi connectivity index (χ4n) is 3.76. The Morgan fingerprint density at radius 2 is 1.62 bits per heavy atom. The van der Waals surface area contributed by atoms with E-state index in [4.69, 9.17) is 14.2 Å². The number of amides is 1. The average molecular weight is 451 g/mol. The normalized spacial score (nSPS) is 23.6. The molecule has 0 unspecified atom stereocenters. The van der Waals surface area contributed by atoms with E-state index in [2.05, 4.69) is 0 Å². The average Bonchev–Trinajstić information content (AvgIpc) is 2.79. The number of alkyl halides is 3. The van der Waals surface area contributed by atoms with E-state index >= 15 is 0 Å². The van der Waals surface area contributed by atoms with Gasteiger partial charge in [0, 0.05) is 18.4 Å². The standard InChI is InChI=1S/C24H28F3NO4/c1-17-21(16-30-13-18-8-4-2-5-9-18)31-15-20(12-28-23(29)24(25,26)27)22(17)32-14-19-10-6-3-7-11-19/h2-11,17,20-22H,12-16H2,1H3,(H,28,29)/t17-,20+,21+,22-/m0/s1. The van der Waals surface area contributed by atoms with Crippen molar-refractivity contribution in [2.75, 3.05) is 19.8 Å². The van der Waals surface area contributed by atoms with Crippen LogP contribution in [0.1, 0.15) is 18.1 Å². The maximum Gasteiger partial charge on any atom is 0.471 e. The van der Waals surface area contributed by atoms with E-state index in [1.807, 2.05) is 72.9 Å². The molecule has 2 aromatic rings. The van der Waals surface area contributed by atoms with E-state index in [0.29, 0.717) is 19.8 Å². The van der Waals surface area contributed by atoms with Crippen LogP contribution in [-0.4, -0.2) is 44.0 Å². The molecule has 0 radical (unpaired) electrons. The minimum Gasteiger partial charge on any atom is -0.375 e. The lowest BCUT2D eigenvalue weighted by molar-refractivity contribution is -0.179. The number of carbonyl (C=O) groups is 1. The monoisotopic (exact) mass is 451 g/mol. The molecule has 1 aliphatic heterocycles. The molecule has 0 aromatic heterocycles. The summed E-state index contributed by atoms with van der Waals surface area (Å²) in [6, 6.07) is 19.3. The van der Waals surface area contributed by atoms with E-state index in [9.17, 15) is 18.0 Å². The van der Waals surface area contributed by atoms with Gasteiger partial charge in [0.15, 0.2) is 0 Å². The van der Waals surface area contributed by atoms with Gasteiger partial charge in [-0.25, -0.2) is 0 Å². The number of halogens is 3. The first-order valence-electron chi connectivity index (χ1n) is 10.6. The van der Waals surface area contributed by atoms with Crippen LogP contribution in [0.25, 0.3) is 0 Å². The van der Waals surface area contributed by atoms with Crippen LogP contribution in [0.2, 0.25) is 0 Å². The van der Waals surface area contributed by atoms with Gasteiger partial charge in [0.25, 0.3) is 0 Å². The lowest BCUT2D eigenvalue weighted by atomic mass is 9.85. The van der Waals surface area contributed by atoms with Crippen molar-refractivity contribution in [3.63, 3.8) is 0 Å². The number of rotatable bonds is 9. The van der Waals surface area contributed by atoms with Gasteiger partial charge in [-0.05, 0) is 11.1 Å². The molecule has 2 aromatic carbocycles. The molecule has 1 heterocycles. The van der Waals surface area contributed by atoms with E-state index in [1.165, 1.54) is 0 Å². The SMILES string of the molecule is C[C@@H]1[C@H](OCc2ccccc2)[C@H](CNC(=O)C(F)(F)F)CO[C@@H]1COCc1ccccc1. The highest BCUT2D eigenvalue weighted by molar-refractivity contribution is 5.81.